The van der Waals surface area contributed by atoms with Crippen LogP contribution in [0.3, 0.4) is 0 Å². The van der Waals surface area contributed by atoms with Crippen molar-refractivity contribution < 1.29 is 18.4 Å². The number of carbonyl (C=O) groups excluding carboxylic acids is 2. The van der Waals surface area contributed by atoms with Gasteiger partial charge >= 0.3 is 0 Å². The van der Waals surface area contributed by atoms with E-state index in [-0.39, 0.29) is 12.1 Å². The summed E-state index contributed by atoms with van der Waals surface area (Å²) in [5.74, 6) is -3.07. The summed E-state index contributed by atoms with van der Waals surface area (Å²) in [5.41, 5.74) is 2.40. The lowest BCUT2D eigenvalue weighted by Gasteiger charge is -2.09. The Balaban J connectivity index is 1.67. The molecule has 2 amide bonds. The molecule has 0 radical (unpaired) electrons. The zero-order chi connectivity index (χ0) is 20.3. The van der Waals surface area contributed by atoms with E-state index in [1.54, 1.807) is 11.6 Å². The van der Waals surface area contributed by atoms with Gasteiger partial charge < -0.3 is 10.6 Å². The average Bonchev–Trinajstić information content (AvgIpc) is 2.95. The number of benzene rings is 2. The molecule has 1 heterocycles. The van der Waals surface area contributed by atoms with E-state index in [0.717, 1.165) is 23.5 Å². The van der Waals surface area contributed by atoms with Gasteiger partial charge in [-0.25, -0.2) is 13.5 Å². The monoisotopic (exact) mass is 384 g/mol. The van der Waals surface area contributed by atoms with E-state index in [9.17, 15) is 18.4 Å². The molecular weight excluding hydrogens is 366 g/mol. The SMILES string of the molecule is Cc1nn(-c2ccccc2)c(C)c1NC(=O)CNC(=O)c1ccc(F)cc1F. The number of hydrogen-bond donors (Lipinski definition) is 2. The number of halogens is 2. The van der Waals surface area contributed by atoms with Crippen LogP contribution < -0.4 is 10.6 Å². The van der Waals surface area contributed by atoms with Gasteiger partial charge in [-0.05, 0) is 38.1 Å². The summed E-state index contributed by atoms with van der Waals surface area (Å²) in [7, 11) is 0. The third kappa shape index (κ3) is 4.06. The van der Waals surface area contributed by atoms with E-state index >= 15 is 0 Å². The van der Waals surface area contributed by atoms with E-state index < -0.39 is 23.4 Å². The molecule has 0 aliphatic carbocycles. The number of carbonyl (C=O) groups is 2. The lowest BCUT2D eigenvalue weighted by Crippen LogP contribution is -2.33. The summed E-state index contributed by atoms with van der Waals surface area (Å²) in [4.78, 5) is 24.2. The van der Waals surface area contributed by atoms with Crippen molar-refractivity contribution in [2.45, 2.75) is 13.8 Å². The maximum atomic E-state index is 13.6. The molecule has 0 saturated heterocycles. The first-order chi connectivity index (χ1) is 13.4. The molecule has 8 heteroatoms. The van der Waals surface area contributed by atoms with E-state index in [2.05, 4.69) is 15.7 Å². The number of anilines is 1. The van der Waals surface area contributed by atoms with Crippen molar-refractivity contribution >= 4 is 17.5 Å². The summed E-state index contributed by atoms with van der Waals surface area (Å²) in [6.45, 7) is 3.20. The van der Waals surface area contributed by atoms with Gasteiger partial charge in [0.05, 0.1) is 34.9 Å². The molecule has 0 spiro atoms. The first-order valence-corrected chi connectivity index (χ1v) is 8.51. The fraction of sp³-hybridized carbons (Fsp3) is 0.150. The summed E-state index contributed by atoms with van der Waals surface area (Å²) in [6.07, 6.45) is 0. The second kappa shape index (κ2) is 7.99. The van der Waals surface area contributed by atoms with Gasteiger partial charge in [-0.1, -0.05) is 18.2 Å². The average molecular weight is 384 g/mol. The molecule has 0 aliphatic rings. The predicted octanol–water partition coefficient (Wildman–Crippen LogP) is 3.14. The summed E-state index contributed by atoms with van der Waals surface area (Å²) in [5, 5.41) is 9.45. The third-order valence-electron chi connectivity index (χ3n) is 4.14. The molecule has 0 fully saturated rings. The van der Waals surface area contributed by atoms with Crippen LogP contribution in [0, 0.1) is 25.5 Å². The zero-order valence-corrected chi connectivity index (χ0v) is 15.3. The molecule has 0 aliphatic heterocycles. The van der Waals surface area contributed by atoms with Crippen LogP contribution in [0.15, 0.2) is 48.5 Å². The molecule has 2 N–H and O–H groups in total. The van der Waals surface area contributed by atoms with Gasteiger partial charge in [0, 0.05) is 6.07 Å². The quantitative estimate of drug-likeness (QED) is 0.710. The number of aryl methyl sites for hydroxylation is 1. The smallest absolute Gasteiger partial charge is 0.254 e. The van der Waals surface area contributed by atoms with Gasteiger partial charge in [-0.2, -0.15) is 5.10 Å². The van der Waals surface area contributed by atoms with E-state index in [0.29, 0.717) is 17.4 Å². The maximum absolute atomic E-state index is 13.6. The van der Waals surface area contributed by atoms with Gasteiger partial charge in [0.1, 0.15) is 11.6 Å². The van der Waals surface area contributed by atoms with Crippen molar-refractivity contribution in [1.29, 1.82) is 0 Å². The molecule has 0 atom stereocenters. The van der Waals surface area contributed by atoms with Crippen LogP contribution in [0.1, 0.15) is 21.7 Å². The Morgan fingerprint density at radius 3 is 2.46 bits per heavy atom. The highest BCUT2D eigenvalue weighted by Crippen LogP contribution is 2.22. The van der Waals surface area contributed by atoms with Crippen molar-refractivity contribution in [3.8, 4) is 5.69 Å². The molecule has 144 valence electrons. The molecular formula is C20H18F2N4O2. The van der Waals surface area contributed by atoms with Gasteiger partial charge in [-0.3, -0.25) is 9.59 Å². The van der Waals surface area contributed by atoms with Crippen molar-refractivity contribution in [1.82, 2.24) is 15.1 Å². The first-order valence-electron chi connectivity index (χ1n) is 8.51. The zero-order valence-electron chi connectivity index (χ0n) is 15.3. The molecule has 0 bridgehead atoms. The molecule has 0 unspecified atom stereocenters. The highest BCUT2D eigenvalue weighted by Gasteiger charge is 2.17. The molecule has 3 aromatic rings. The van der Waals surface area contributed by atoms with Crippen LogP contribution in [0.25, 0.3) is 5.69 Å². The van der Waals surface area contributed by atoms with Crippen molar-refractivity contribution in [2.75, 3.05) is 11.9 Å². The number of para-hydroxylation sites is 1. The van der Waals surface area contributed by atoms with Gasteiger partial charge in [0.15, 0.2) is 0 Å². The van der Waals surface area contributed by atoms with Crippen LogP contribution in [-0.2, 0) is 4.79 Å². The van der Waals surface area contributed by atoms with Crippen molar-refractivity contribution in [3.05, 3.63) is 77.1 Å². The number of amides is 2. The fourth-order valence-electron chi connectivity index (χ4n) is 2.76. The van der Waals surface area contributed by atoms with Crippen molar-refractivity contribution in [3.63, 3.8) is 0 Å². The van der Waals surface area contributed by atoms with Crippen LogP contribution in [-0.4, -0.2) is 28.1 Å². The van der Waals surface area contributed by atoms with Crippen LogP contribution in [0.4, 0.5) is 14.5 Å². The predicted molar refractivity (Wildman–Crippen MR) is 100 cm³/mol. The highest BCUT2D eigenvalue weighted by atomic mass is 19.1. The van der Waals surface area contributed by atoms with Gasteiger partial charge in [0.2, 0.25) is 5.91 Å². The number of hydrogen-bond acceptors (Lipinski definition) is 3. The van der Waals surface area contributed by atoms with Crippen LogP contribution in [0.5, 0.6) is 0 Å². The van der Waals surface area contributed by atoms with Gasteiger partial charge in [0.25, 0.3) is 5.91 Å². The second-order valence-corrected chi connectivity index (χ2v) is 6.15. The van der Waals surface area contributed by atoms with E-state index in [1.807, 2.05) is 37.3 Å². The van der Waals surface area contributed by atoms with Crippen LogP contribution in [0.2, 0.25) is 0 Å². The Hall–Kier alpha value is -3.55. The fourth-order valence-corrected chi connectivity index (χ4v) is 2.76. The maximum Gasteiger partial charge on any atom is 0.254 e. The van der Waals surface area contributed by atoms with Crippen LogP contribution >= 0.6 is 0 Å². The second-order valence-electron chi connectivity index (χ2n) is 6.15. The molecule has 28 heavy (non-hydrogen) atoms. The summed E-state index contributed by atoms with van der Waals surface area (Å²) >= 11 is 0. The highest BCUT2D eigenvalue weighted by molar-refractivity contribution is 5.99. The molecule has 2 aromatic carbocycles. The first kappa shape index (κ1) is 19.2. The normalized spacial score (nSPS) is 10.6. The molecule has 3 rings (SSSR count). The summed E-state index contributed by atoms with van der Waals surface area (Å²) in [6, 6.07) is 12.1. The number of rotatable bonds is 5. The number of aromatic nitrogens is 2. The Labute approximate surface area is 160 Å². The standard InChI is InChI=1S/C20H18F2N4O2/c1-12-19(13(2)26(25-12)15-6-4-3-5-7-15)24-18(27)11-23-20(28)16-9-8-14(21)10-17(16)22/h3-10H,11H2,1-2H3,(H,23,28)(H,24,27). The summed E-state index contributed by atoms with van der Waals surface area (Å²) < 4.78 is 28.3. The Morgan fingerprint density at radius 1 is 1.07 bits per heavy atom. The minimum atomic E-state index is -0.992. The molecule has 6 nitrogen and oxygen atoms in total. The Kier molecular flexibility index (Phi) is 5.49. The number of nitrogens with one attached hydrogen (secondary N) is 2. The Morgan fingerprint density at radius 2 is 1.79 bits per heavy atom. The topological polar surface area (TPSA) is 76.0 Å². The molecule has 0 saturated carbocycles. The number of nitrogens with zero attached hydrogens (tertiary/aromatic N) is 2. The lowest BCUT2D eigenvalue weighted by molar-refractivity contribution is -0.115. The van der Waals surface area contributed by atoms with E-state index in [1.165, 1.54) is 0 Å². The molecule has 1 aromatic heterocycles. The third-order valence-corrected chi connectivity index (χ3v) is 4.14. The van der Waals surface area contributed by atoms with E-state index in [4.69, 9.17) is 0 Å². The van der Waals surface area contributed by atoms with Gasteiger partial charge in [-0.15, -0.1) is 0 Å². The minimum absolute atomic E-state index is 0.335. The minimum Gasteiger partial charge on any atom is -0.343 e. The largest absolute Gasteiger partial charge is 0.343 e. The Bertz CT molecular complexity index is 1030. The lowest BCUT2D eigenvalue weighted by atomic mass is 10.2. The van der Waals surface area contributed by atoms with Crippen molar-refractivity contribution in [2.24, 2.45) is 0 Å².